The molecular formula is C14H9BrFN3OS. The van der Waals surface area contributed by atoms with E-state index in [-0.39, 0.29) is 5.91 Å². The van der Waals surface area contributed by atoms with Crippen molar-refractivity contribution in [1.29, 1.82) is 0 Å². The van der Waals surface area contributed by atoms with E-state index in [0.29, 0.717) is 20.9 Å². The van der Waals surface area contributed by atoms with E-state index in [1.54, 1.807) is 24.3 Å². The molecule has 0 atom stereocenters. The van der Waals surface area contributed by atoms with Crippen LogP contribution in [0.2, 0.25) is 0 Å². The number of nitrogens with two attached hydrogens (primary N) is 1. The number of thiazole rings is 1. The molecule has 0 saturated heterocycles. The van der Waals surface area contributed by atoms with Crippen LogP contribution in [0.1, 0.15) is 10.4 Å². The molecule has 3 rings (SSSR count). The second-order valence-electron chi connectivity index (χ2n) is 4.32. The molecule has 1 heterocycles. The number of carbonyl (C=O) groups excluding carboxylic acids is 1. The van der Waals surface area contributed by atoms with Crippen LogP contribution in [0.5, 0.6) is 0 Å². The number of nitrogen functional groups attached to an aromatic ring is 1. The molecule has 106 valence electrons. The summed E-state index contributed by atoms with van der Waals surface area (Å²) >= 11 is 4.38. The molecule has 0 unspecified atom stereocenters. The zero-order valence-electron chi connectivity index (χ0n) is 10.6. The van der Waals surface area contributed by atoms with Gasteiger partial charge in [0.25, 0.3) is 5.91 Å². The molecule has 21 heavy (non-hydrogen) atoms. The molecule has 0 aliphatic rings. The van der Waals surface area contributed by atoms with Crippen LogP contribution in [-0.2, 0) is 0 Å². The summed E-state index contributed by atoms with van der Waals surface area (Å²) in [5.74, 6) is -0.746. The summed E-state index contributed by atoms with van der Waals surface area (Å²) in [6.45, 7) is 0. The Morgan fingerprint density at radius 1 is 1.29 bits per heavy atom. The van der Waals surface area contributed by atoms with Crippen molar-refractivity contribution >= 4 is 54.2 Å². The minimum atomic E-state index is -0.432. The number of nitrogens with one attached hydrogen (secondary N) is 1. The molecule has 3 aromatic rings. The molecule has 3 N–H and O–H groups in total. The van der Waals surface area contributed by atoms with E-state index >= 15 is 0 Å². The van der Waals surface area contributed by atoms with Gasteiger partial charge in [0.2, 0.25) is 0 Å². The number of carbonyl (C=O) groups is 1. The summed E-state index contributed by atoms with van der Waals surface area (Å²) in [6, 6.07) is 9.52. The lowest BCUT2D eigenvalue weighted by Gasteiger charge is -2.06. The van der Waals surface area contributed by atoms with Gasteiger partial charge in [-0.05, 0) is 52.3 Å². The van der Waals surface area contributed by atoms with Crippen molar-refractivity contribution in [2.45, 2.75) is 0 Å². The average molecular weight is 366 g/mol. The summed E-state index contributed by atoms with van der Waals surface area (Å²) in [5, 5.41) is 3.11. The molecular weight excluding hydrogens is 357 g/mol. The number of halogens is 2. The van der Waals surface area contributed by atoms with Crippen LogP contribution in [0.3, 0.4) is 0 Å². The van der Waals surface area contributed by atoms with Gasteiger partial charge in [-0.1, -0.05) is 11.3 Å². The van der Waals surface area contributed by atoms with Gasteiger partial charge in [-0.3, -0.25) is 4.79 Å². The average Bonchev–Trinajstić information content (AvgIpc) is 2.82. The third-order valence-corrected chi connectivity index (χ3v) is 4.34. The van der Waals surface area contributed by atoms with Crippen LogP contribution >= 0.6 is 27.3 Å². The van der Waals surface area contributed by atoms with E-state index in [1.807, 2.05) is 0 Å². The van der Waals surface area contributed by atoms with Crippen molar-refractivity contribution in [3.63, 3.8) is 0 Å². The van der Waals surface area contributed by atoms with E-state index in [0.717, 1.165) is 10.2 Å². The van der Waals surface area contributed by atoms with Gasteiger partial charge in [0.1, 0.15) is 5.82 Å². The molecule has 0 aliphatic carbocycles. The maximum absolute atomic E-state index is 13.4. The highest BCUT2D eigenvalue weighted by Crippen LogP contribution is 2.25. The number of benzene rings is 2. The number of nitrogens with zero attached hydrogens (tertiary/aromatic N) is 1. The Morgan fingerprint density at radius 3 is 2.86 bits per heavy atom. The predicted molar refractivity (Wildman–Crippen MR) is 86.1 cm³/mol. The smallest absolute Gasteiger partial charge is 0.255 e. The first-order valence-electron chi connectivity index (χ1n) is 5.95. The first kappa shape index (κ1) is 14.0. The molecule has 2 aromatic carbocycles. The highest BCUT2D eigenvalue weighted by molar-refractivity contribution is 9.10. The van der Waals surface area contributed by atoms with E-state index in [1.165, 1.54) is 23.5 Å². The van der Waals surface area contributed by atoms with Gasteiger partial charge in [0, 0.05) is 11.3 Å². The fraction of sp³-hybridized carbons (Fsp3) is 0. The molecule has 0 bridgehead atoms. The Bertz CT molecular complexity index is 849. The Balaban J connectivity index is 1.87. The Labute approximate surface area is 131 Å². The van der Waals surface area contributed by atoms with E-state index < -0.39 is 5.82 Å². The van der Waals surface area contributed by atoms with E-state index in [2.05, 4.69) is 26.2 Å². The lowest BCUT2D eigenvalue weighted by atomic mass is 10.2. The number of anilines is 2. The lowest BCUT2D eigenvalue weighted by Crippen LogP contribution is -2.11. The first-order chi connectivity index (χ1) is 10.0. The van der Waals surface area contributed by atoms with Gasteiger partial charge < -0.3 is 11.1 Å². The molecule has 1 amide bonds. The van der Waals surface area contributed by atoms with Gasteiger partial charge >= 0.3 is 0 Å². The minimum absolute atomic E-state index is 0.314. The normalized spacial score (nSPS) is 10.8. The van der Waals surface area contributed by atoms with Crippen LogP contribution in [-0.4, -0.2) is 10.9 Å². The van der Waals surface area contributed by atoms with Crippen LogP contribution in [0.25, 0.3) is 10.2 Å². The third kappa shape index (κ3) is 2.88. The van der Waals surface area contributed by atoms with Crippen molar-refractivity contribution in [1.82, 2.24) is 4.98 Å². The lowest BCUT2D eigenvalue weighted by molar-refractivity contribution is 0.102. The van der Waals surface area contributed by atoms with Gasteiger partial charge in [0.15, 0.2) is 5.13 Å². The standard InChI is InChI=1S/C14H9BrFN3OS/c15-9-3-2-8(6-10(9)16)18-13(20)7-1-4-11-12(5-7)21-14(17)19-11/h1-6H,(H2,17,19)(H,18,20). The zero-order valence-corrected chi connectivity index (χ0v) is 13.0. The van der Waals surface area contributed by atoms with Crippen molar-refractivity contribution in [2.24, 2.45) is 0 Å². The number of amides is 1. The molecule has 0 radical (unpaired) electrons. The van der Waals surface area contributed by atoms with E-state index in [4.69, 9.17) is 5.73 Å². The summed E-state index contributed by atoms with van der Waals surface area (Å²) in [5.41, 5.74) is 7.25. The van der Waals surface area contributed by atoms with Crippen molar-refractivity contribution in [2.75, 3.05) is 11.1 Å². The first-order valence-corrected chi connectivity index (χ1v) is 7.56. The number of hydrogen-bond donors (Lipinski definition) is 2. The topological polar surface area (TPSA) is 68.0 Å². The van der Waals surface area contributed by atoms with Gasteiger partial charge in [-0.2, -0.15) is 0 Å². The monoisotopic (exact) mass is 365 g/mol. The van der Waals surface area contributed by atoms with Crippen LogP contribution in [0.15, 0.2) is 40.9 Å². The highest BCUT2D eigenvalue weighted by Gasteiger charge is 2.10. The molecule has 1 aromatic heterocycles. The summed E-state index contributed by atoms with van der Waals surface area (Å²) in [7, 11) is 0. The van der Waals surface area contributed by atoms with E-state index in [9.17, 15) is 9.18 Å². The van der Waals surface area contributed by atoms with Crippen LogP contribution in [0.4, 0.5) is 15.2 Å². The molecule has 0 fully saturated rings. The summed E-state index contributed by atoms with van der Waals surface area (Å²) in [6.07, 6.45) is 0. The SMILES string of the molecule is Nc1nc2ccc(C(=O)Nc3ccc(Br)c(F)c3)cc2s1. The number of rotatable bonds is 2. The second-order valence-corrected chi connectivity index (χ2v) is 6.23. The molecule has 7 heteroatoms. The fourth-order valence-electron chi connectivity index (χ4n) is 1.86. The van der Waals surface area contributed by atoms with Crippen molar-refractivity contribution in [3.8, 4) is 0 Å². The summed E-state index contributed by atoms with van der Waals surface area (Å²) in [4.78, 5) is 16.3. The Hall–Kier alpha value is -1.99. The number of fused-ring (bicyclic) bond motifs is 1. The molecule has 0 spiro atoms. The zero-order chi connectivity index (χ0) is 15.0. The Morgan fingerprint density at radius 2 is 2.10 bits per heavy atom. The van der Waals surface area contributed by atoms with Crippen molar-refractivity contribution in [3.05, 3.63) is 52.3 Å². The van der Waals surface area contributed by atoms with Gasteiger partial charge in [-0.15, -0.1) is 0 Å². The number of hydrogen-bond acceptors (Lipinski definition) is 4. The van der Waals surface area contributed by atoms with Crippen LogP contribution in [0, 0.1) is 5.82 Å². The maximum atomic E-state index is 13.4. The summed E-state index contributed by atoms with van der Waals surface area (Å²) < 4.78 is 14.6. The number of aromatic nitrogens is 1. The quantitative estimate of drug-likeness (QED) is 0.720. The molecule has 0 aliphatic heterocycles. The molecule has 4 nitrogen and oxygen atoms in total. The fourth-order valence-corrected chi connectivity index (χ4v) is 2.88. The predicted octanol–water partition coefficient (Wildman–Crippen LogP) is 4.03. The largest absolute Gasteiger partial charge is 0.375 e. The van der Waals surface area contributed by atoms with Crippen LogP contribution < -0.4 is 11.1 Å². The van der Waals surface area contributed by atoms with Crippen molar-refractivity contribution < 1.29 is 9.18 Å². The second kappa shape index (κ2) is 5.42. The highest BCUT2D eigenvalue weighted by atomic mass is 79.9. The maximum Gasteiger partial charge on any atom is 0.255 e. The Kier molecular flexibility index (Phi) is 3.60. The molecule has 0 saturated carbocycles. The van der Waals surface area contributed by atoms with Gasteiger partial charge in [-0.25, -0.2) is 9.37 Å². The third-order valence-electron chi connectivity index (χ3n) is 2.84. The van der Waals surface area contributed by atoms with Gasteiger partial charge in [0.05, 0.1) is 14.7 Å². The minimum Gasteiger partial charge on any atom is -0.375 e.